The number of carbonyl (C=O) groups is 2. The van der Waals surface area contributed by atoms with Crippen molar-refractivity contribution in [2.24, 2.45) is 0 Å². The summed E-state index contributed by atoms with van der Waals surface area (Å²) < 4.78 is 0. The van der Waals surface area contributed by atoms with E-state index >= 15 is 0 Å². The molecular formula is C40H28N6O3S. The van der Waals surface area contributed by atoms with Crippen LogP contribution in [0.25, 0.3) is 22.7 Å². The summed E-state index contributed by atoms with van der Waals surface area (Å²) in [7, 11) is 0. The Morgan fingerprint density at radius 1 is 0.720 bits per heavy atom. The van der Waals surface area contributed by atoms with Gasteiger partial charge < -0.3 is 10.4 Å². The molecule has 9 nitrogen and oxygen atoms in total. The van der Waals surface area contributed by atoms with Gasteiger partial charge in [0.2, 0.25) is 5.82 Å². The Bertz CT molecular complexity index is 2250. The highest BCUT2D eigenvalue weighted by Crippen LogP contribution is 2.44. The minimum Gasteiger partial charge on any atom is -0.506 e. The number of imide groups is 1. The second-order valence-electron chi connectivity index (χ2n) is 11.6. The van der Waals surface area contributed by atoms with Crippen molar-refractivity contribution in [2.75, 3.05) is 10.2 Å². The molecule has 1 aliphatic rings. The van der Waals surface area contributed by atoms with Crippen LogP contribution in [0.1, 0.15) is 27.1 Å². The van der Waals surface area contributed by atoms with Crippen molar-refractivity contribution in [2.45, 2.75) is 5.54 Å². The highest BCUT2D eigenvalue weighted by Gasteiger charge is 2.42. The summed E-state index contributed by atoms with van der Waals surface area (Å²) in [5.74, 6) is -0.565. The van der Waals surface area contributed by atoms with Gasteiger partial charge in [-0.3, -0.25) is 4.79 Å². The van der Waals surface area contributed by atoms with Gasteiger partial charge in [0.1, 0.15) is 5.76 Å². The lowest BCUT2D eigenvalue weighted by molar-refractivity contribution is -0.112. The van der Waals surface area contributed by atoms with E-state index in [1.165, 1.54) is 11.3 Å². The highest BCUT2D eigenvalue weighted by atomic mass is 32.1. The molecule has 0 saturated heterocycles. The number of benzene rings is 5. The van der Waals surface area contributed by atoms with Crippen molar-refractivity contribution in [1.29, 1.82) is 0 Å². The number of aromatic nitrogens is 4. The average Bonchev–Trinajstić information content (AvgIpc) is 3.94. The maximum absolute atomic E-state index is 14.0. The third-order valence-electron chi connectivity index (χ3n) is 8.69. The summed E-state index contributed by atoms with van der Waals surface area (Å²) >= 11 is 1.29. The lowest BCUT2D eigenvalue weighted by Crippen LogP contribution is -2.39. The molecule has 0 unspecified atom stereocenters. The number of fused-ring (bicyclic) bond motifs is 1. The SMILES string of the molecule is O=C(Nc1ccccc1)N1C(=O)/C(=C(/O)c2cccs2)c2cc(-c3nnn(C(c4ccccc4)(c4ccccc4)c4ccccc4)n3)ccc21. The number of para-hydroxylation sites is 1. The molecule has 5 aromatic carbocycles. The second kappa shape index (κ2) is 12.8. The first-order valence-corrected chi connectivity index (χ1v) is 16.7. The Morgan fingerprint density at radius 3 is 1.86 bits per heavy atom. The maximum Gasteiger partial charge on any atom is 0.333 e. The van der Waals surface area contributed by atoms with E-state index in [2.05, 4.69) is 15.6 Å². The van der Waals surface area contributed by atoms with Gasteiger partial charge in [-0.2, -0.15) is 0 Å². The smallest absolute Gasteiger partial charge is 0.333 e. The van der Waals surface area contributed by atoms with Gasteiger partial charge >= 0.3 is 6.03 Å². The second-order valence-corrected chi connectivity index (χ2v) is 12.5. The molecule has 3 heterocycles. The molecule has 2 aromatic heterocycles. The fraction of sp³-hybridized carbons (Fsp3) is 0.0250. The molecule has 7 aromatic rings. The van der Waals surface area contributed by atoms with Crippen molar-refractivity contribution in [3.05, 3.63) is 184 Å². The number of carbonyl (C=O) groups excluding carboxylic acids is 2. The monoisotopic (exact) mass is 672 g/mol. The van der Waals surface area contributed by atoms with Crippen molar-refractivity contribution < 1.29 is 14.7 Å². The van der Waals surface area contributed by atoms with Crippen LogP contribution in [0.2, 0.25) is 0 Å². The number of rotatable bonds is 7. The van der Waals surface area contributed by atoms with Crippen LogP contribution in [-0.2, 0) is 10.3 Å². The zero-order valence-corrected chi connectivity index (χ0v) is 27.2. The third kappa shape index (κ3) is 5.15. The van der Waals surface area contributed by atoms with Gasteiger partial charge in [-0.1, -0.05) is 115 Å². The van der Waals surface area contributed by atoms with Crippen LogP contribution < -0.4 is 10.2 Å². The fourth-order valence-electron chi connectivity index (χ4n) is 6.43. The van der Waals surface area contributed by atoms with Crippen molar-refractivity contribution in [1.82, 2.24) is 20.2 Å². The number of anilines is 2. The van der Waals surface area contributed by atoms with Crippen molar-refractivity contribution in [3.63, 3.8) is 0 Å². The first-order valence-electron chi connectivity index (χ1n) is 15.8. The van der Waals surface area contributed by atoms with Crippen LogP contribution in [0.5, 0.6) is 0 Å². The summed E-state index contributed by atoms with van der Waals surface area (Å²) in [5, 5.41) is 30.2. The normalized spacial score (nSPS) is 13.6. The molecule has 50 heavy (non-hydrogen) atoms. The predicted molar refractivity (Wildman–Crippen MR) is 195 cm³/mol. The number of aliphatic hydroxyl groups excluding tert-OH is 1. The Kier molecular flexibility index (Phi) is 7.82. The van der Waals surface area contributed by atoms with Gasteiger partial charge in [-0.15, -0.1) is 26.3 Å². The minimum absolute atomic E-state index is 0.00658. The Labute approximate surface area is 291 Å². The van der Waals surface area contributed by atoms with Gasteiger partial charge in [0.25, 0.3) is 5.91 Å². The molecule has 3 amide bonds. The van der Waals surface area contributed by atoms with Crippen molar-refractivity contribution in [3.8, 4) is 11.4 Å². The molecule has 0 bridgehead atoms. The van der Waals surface area contributed by atoms with Gasteiger partial charge in [0.05, 0.1) is 16.1 Å². The Balaban J connectivity index is 1.28. The third-order valence-corrected chi connectivity index (χ3v) is 9.57. The van der Waals surface area contributed by atoms with Crippen LogP contribution in [-0.4, -0.2) is 37.3 Å². The van der Waals surface area contributed by atoms with Crippen LogP contribution in [0.4, 0.5) is 16.2 Å². The van der Waals surface area contributed by atoms with Crippen LogP contribution in [0.3, 0.4) is 0 Å². The summed E-state index contributed by atoms with van der Waals surface area (Å²) in [5.41, 5.74) is 3.62. The van der Waals surface area contributed by atoms with Gasteiger partial charge in [0.15, 0.2) is 5.54 Å². The molecular weight excluding hydrogens is 645 g/mol. The first-order chi connectivity index (χ1) is 24.6. The summed E-state index contributed by atoms with van der Waals surface area (Å²) in [6.07, 6.45) is 0. The standard InChI is InChI=1S/C40H28N6O3S/c47-36(34-22-13-25-50-34)35-32-26-27(23-24-33(32)45(38(35)48)39(49)41-31-20-11-4-12-21-31)37-42-44-46(43-37)40(28-14-5-1-6-15-28,29-16-7-2-8-17-29)30-18-9-3-10-19-30/h1-26,47H,(H,41,49)/b36-35+. The number of hydrogen-bond donors (Lipinski definition) is 2. The number of thiophene rings is 1. The minimum atomic E-state index is -0.976. The number of aliphatic hydroxyl groups is 1. The quantitative estimate of drug-likeness (QED) is 0.100. The van der Waals surface area contributed by atoms with Crippen molar-refractivity contribution >= 4 is 46.0 Å². The van der Waals surface area contributed by atoms with E-state index in [9.17, 15) is 14.7 Å². The van der Waals surface area contributed by atoms with E-state index in [0.717, 1.165) is 21.6 Å². The van der Waals surface area contributed by atoms with Crippen LogP contribution in [0, 0.1) is 0 Å². The Morgan fingerprint density at radius 2 is 1.30 bits per heavy atom. The number of nitrogens with zero attached hydrogens (tertiary/aromatic N) is 5. The van der Waals surface area contributed by atoms with Crippen LogP contribution in [0.15, 0.2) is 157 Å². The van der Waals surface area contributed by atoms with E-state index in [1.54, 1.807) is 59.4 Å². The molecule has 2 N–H and O–H groups in total. The number of hydrogen-bond acceptors (Lipinski definition) is 7. The van der Waals surface area contributed by atoms with E-state index in [-0.39, 0.29) is 11.3 Å². The molecule has 0 spiro atoms. The highest BCUT2D eigenvalue weighted by molar-refractivity contribution is 7.11. The number of nitrogens with one attached hydrogen (secondary N) is 1. The van der Waals surface area contributed by atoms with E-state index in [0.29, 0.717) is 33.2 Å². The van der Waals surface area contributed by atoms with E-state index in [4.69, 9.17) is 5.10 Å². The fourth-order valence-corrected chi connectivity index (χ4v) is 7.11. The van der Waals surface area contributed by atoms with Gasteiger partial charge in [0, 0.05) is 16.8 Å². The number of urea groups is 1. The van der Waals surface area contributed by atoms with E-state index < -0.39 is 17.5 Å². The molecule has 8 rings (SSSR count). The molecule has 0 radical (unpaired) electrons. The molecule has 10 heteroatoms. The molecule has 0 atom stereocenters. The Hall–Kier alpha value is -6.65. The molecule has 0 aliphatic carbocycles. The van der Waals surface area contributed by atoms with E-state index in [1.807, 2.05) is 102 Å². The van der Waals surface area contributed by atoms with Crippen LogP contribution >= 0.6 is 11.3 Å². The summed E-state index contributed by atoms with van der Waals surface area (Å²) in [6.45, 7) is 0. The topological polar surface area (TPSA) is 113 Å². The maximum atomic E-state index is 14.0. The summed E-state index contributed by atoms with van der Waals surface area (Å²) in [4.78, 5) is 30.7. The lowest BCUT2D eigenvalue weighted by Gasteiger charge is -2.34. The molecule has 0 fully saturated rings. The lowest BCUT2D eigenvalue weighted by atomic mass is 9.77. The number of tetrazole rings is 1. The molecule has 0 saturated carbocycles. The predicted octanol–water partition coefficient (Wildman–Crippen LogP) is 8.25. The largest absolute Gasteiger partial charge is 0.506 e. The van der Waals surface area contributed by atoms with Gasteiger partial charge in [-0.05, 0) is 63.7 Å². The summed E-state index contributed by atoms with van der Waals surface area (Å²) in [6, 6.07) is 47.0. The molecule has 242 valence electrons. The zero-order chi connectivity index (χ0) is 34.1. The first kappa shape index (κ1) is 30.7. The zero-order valence-electron chi connectivity index (χ0n) is 26.4. The number of amides is 3. The average molecular weight is 673 g/mol. The molecule has 1 aliphatic heterocycles. The van der Waals surface area contributed by atoms with Gasteiger partial charge in [-0.25, -0.2) is 9.69 Å².